The Kier molecular flexibility index (Phi) is 4.97. The molecule has 0 spiro atoms. The Labute approximate surface area is 153 Å². The van der Waals surface area contributed by atoms with E-state index in [1.54, 1.807) is 6.92 Å². The SMILES string of the molecule is CCc1[nH]c(C(=O)Nc2cc(-n3cnnn3)ccc2F)c(C)c1C(=O)OC. The minimum absolute atomic E-state index is 0.0420. The van der Waals surface area contributed by atoms with Crippen LogP contribution in [0.1, 0.15) is 39.0 Å². The first-order chi connectivity index (χ1) is 13.0. The first-order valence-electron chi connectivity index (χ1n) is 8.10. The third-order valence-corrected chi connectivity index (χ3v) is 4.11. The number of tetrazole rings is 1. The number of hydrogen-bond acceptors (Lipinski definition) is 6. The zero-order valence-electron chi connectivity index (χ0n) is 14.9. The molecule has 0 saturated heterocycles. The van der Waals surface area contributed by atoms with E-state index in [9.17, 15) is 14.0 Å². The molecule has 27 heavy (non-hydrogen) atoms. The van der Waals surface area contributed by atoms with Crippen LogP contribution in [0.5, 0.6) is 0 Å². The maximum atomic E-state index is 14.2. The lowest BCUT2D eigenvalue weighted by Gasteiger charge is -2.08. The van der Waals surface area contributed by atoms with Crippen molar-refractivity contribution in [1.29, 1.82) is 0 Å². The number of rotatable bonds is 5. The first kappa shape index (κ1) is 18.2. The van der Waals surface area contributed by atoms with Gasteiger partial charge in [-0.1, -0.05) is 6.92 Å². The van der Waals surface area contributed by atoms with E-state index in [0.717, 1.165) is 0 Å². The molecule has 0 bridgehead atoms. The number of nitrogens with zero attached hydrogens (tertiary/aromatic N) is 4. The Morgan fingerprint density at radius 3 is 2.78 bits per heavy atom. The van der Waals surface area contributed by atoms with Crippen LogP contribution in [0.25, 0.3) is 5.69 Å². The molecule has 0 aliphatic carbocycles. The van der Waals surface area contributed by atoms with Crippen molar-refractivity contribution in [2.45, 2.75) is 20.3 Å². The predicted octanol–water partition coefficient (Wildman–Crippen LogP) is 2.04. The standard InChI is InChI=1S/C17H17FN6O3/c1-4-12-14(17(26)27-3)9(2)15(20-12)16(25)21-13-7-10(5-6-11(13)18)24-8-19-22-23-24/h5-8,20H,4H2,1-3H3,(H,21,25). The van der Waals surface area contributed by atoms with Gasteiger partial charge in [-0.05, 0) is 47.5 Å². The average Bonchev–Trinajstić information content (AvgIpc) is 3.30. The fourth-order valence-electron chi connectivity index (χ4n) is 2.75. The number of ether oxygens (including phenoxy) is 1. The minimum atomic E-state index is -0.617. The molecule has 140 valence electrons. The van der Waals surface area contributed by atoms with Crippen molar-refractivity contribution in [1.82, 2.24) is 25.2 Å². The normalized spacial score (nSPS) is 10.7. The number of H-pyrrole nitrogens is 1. The van der Waals surface area contributed by atoms with Gasteiger partial charge in [0.25, 0.3) is 5.91 Å². The highest BCUT2D eigenvalue weighted by Crippen LogP contribution is 2.23. The van der Waals surface area contributed by atoms with Crippen LogP contribution in [0.4, 0.5) is 10.1 Å². The van der Waals surface area contributed by atoms with Gasteiger partial charge in [-0.3, -0.25) is 4.79 Å². The molecule has 3 rings (SSSR count). The van der Waals surface area contributed by atoms with Crippen LogP contribution in [-0.2, 0) is 11.2 Å². The van der Waals surface area contributed by atoms with E-state index in [0.29, 0.717) is 28.9 Å². The number of amides is 1. The second-order valence-corrected chi connectivity index (χ2v) is 5.70. The lowest BCUT2D eigenvalue weighted by atomic mass is 10.1. The van der Waals surface area contributed by atoms with E-state index >= 15 is 0 Å². The maximum Gasteiger partial charge on any atom is 0.339 e. The van der Waals surface area contributed by atoms with Crippen molar-refractivity contribution in [2.24, 2.45) is 0 Å². The number of hydrogen-bond donors (Lipinski definition) is 2. The summed E-state index contributed by atoms with van der Waals surface area (Å²) in [6.45, 7) is 3.47. The Hall–Kier alpha value is -3.56. The maximum absolute atomic E-state index is 14.2. The number of aromatic amines is 1. The van der Waals surface area contributed by atoms with Gasteiger partial charge in [-0.2, -0.15) is 0 Å². The number of carbonyl (C=O) groups is 2. The number of nitrogens with one attached hydrogen (secondary N) is 2. The number of carbonyl (C=O) groups excluding carboxylic acids is 2. The van der Waals surface area contributed by atoms with Crippen molar-refractivity contribution in [3.8, 4) is 5.69 Å². The molecular formula is C17H17FN6O3. The van der Waals surface area contributed by atoms with Crippen LogP contribution < -0.4 is 5.32 Å². The van der Waals surface area contributed by atoms with Gasteiger partial charge >= 0.3 is 5.97 Å². The van der Waals surface area contributed by atoms with E-state index < -0.39 is 17.7 Å². The zero-order valence-corrected chi connectivity index (χ0v) is 14.9. The fraction of sp³-hybridized carbons (Fsp3) is 0.235. The van der Waals surface area contributed by atoms with Crippen molar-refractivity contribution in [3.63, 3.8) is 0 Å². The molecule has 0 radical (unpaired) electrons. The molecule has 10 heteroatoms. The molecule has 0 atom stereocenters. The van der Waals surface area contributed by atoms with E-state index in [-0.39, 0.29) is 11.4 Å². The van der Waals surface area contributed by atoms with E-state index in [1.807, 2.05) is 6.92 Å². The third-order valence-electron chi connectivity index (χ3n) is 4.11. The Balaban J connectivity index is 1.93. The monoisotopic (exact) mass is 372 g/mol. The van der Waals surface area contributed by atoms with Crippen LogP contribution in [0.15, 0.2) is 24.5 Å². The third kappa shape index (κ3) is 3.41. The summed E-state index contributed by atoms with van der Waals surface area (Å²) in [6.07, 6.45) is 1.85. The second kappa shape index (κ2) is 7.36. The summed E-state index contributed by atoms with van der Waals surface area (Å²) in [7, 11) is 1.27. The molecule has 1 aromatic carbocycles. The summed E-state index contributed by atoms with van der Waals surface area (Å²) in [5.74, 6) is -1.73. The van der Waals surface area contributed by atoms with Gasteiger partial charge < -0.3 is 15.0 Å². The second-order valence-electron chi connectivity index (χ2n) is 5.70. The van der Waals surface area contributed by atoms with Crippen molar-refractivity contribution >= 4 is 17.6 Å². The molecule has 9 nitrogen and oxygen atoms in total. The molecule has 0 fully saturated rings. The minimum Gasteiger partial charge on any atom is -0.465 e. The highest BCUT2D eigenvalue weighted by molar-refractivity contribution is 6.07. The number of methoxy groups -OCH3 is 1. The van der Waals surface area contributed by atoms with Gasteiger partial charge in [-0.15, -0.1) is 5.10 Å². The summed E-state index contributed by atoms with van der Waals surface area (Å²) >= 11 is 0. The molecule has 1 amide bonds. The summed E-state index contributed by atoms with van der Waals surface area (Å²) in [5.41, 5.74) is 1.93. The van der Waals surface area contributed by atoms with Crippen molar-refractivity contribution in [2.75, 3.05) is 12.4 Å². The first-order valence-corrected chi connectivity index (χ1v) is 8.10. The molecule has 2 N–H and O–H groups in total. The number of aryl methyl sites for hydroxylation is 1. The molecule has 0 aliphatic rings. The zero-order chi connectivity index (χ0) is 19.6. The molecule has 2 aromatic heterocycles. The average molecular weight is 372 g/mol. The van der Waals surface area contributed by atoms with E-state index in [2.05, 4.69) is 25.8 Å². The van der Waals surface area contributed by atoms with Gasteiger partial charge in [0.05, 0.1) is 24.0 Å². The lowest BCUT2D eigenvalue weighted by molar-refractivity contribution is 0.0599. The smallest absolute Gasteiger partial charge is 0.339 e. The molecule has 0 saturated carbocycles. The van der Waals surface area contributed by atoms with Crippen molar-refractivity contribution < 1.29 is 18.7 Å². The summed E-state index contributed by atoms with van der Waals surface area (Å²) < 4.78 is 20.3. The van der Waals surface area contributed by atoms with Gasteiger partial charge in [-0.25, -0.2) is 13.9 Å². The van der Waals surface area contributed by atoms with E-state index in [1.165, 1.54) is 36.3 Å². The molecule has 3 aromatic rings. The molecular weight excluding hydrogens is 355 g/mol. The van der Waals surface area contributed by atoms with E-state index in [4.69, 9.17) is 4.74 Å². The number of anilines is 1. The molecule has 0 aliphatic heterocycles. The van der Waals surface area contributed by atoms with Crippen LogP contribution in [-0.4, -0.2) is 44.2 Å². The van der Waals surface area contributed by atoms with Crippen LogP contribution in [0, 0.1) is 12.7 Å². The summed E-state index contributed by atoms with van der Waals surface area (Å²) in [6, 6.07) is 4.08. The van der Waals surface area contributed by atoms with Gasteiger partial charge in [0, 0.05) is 5.69 Å². The molecule has 0 unspecified atom stereocenters. The lowest BCUT2D eigenvalue weighted by Crippen LogP contribution is -2.15. The Bertz CT molecular complexity index is 997. The number of aromatic nitrogens is 5. The quantitative estimate of drug-likeness (QED) is 0.663. The number of esters is 1. The van der Waals surface area contributed by atoms with Gasteiger partial charge in [0.2, 0.25) is 0 Å². The van der Waals surface area contributed by atoms with Crippen molar-refractivity contribution in [3.05, 3.63) is 52.9 Å². The predicted molar refractivity (Wildman–Crippen MR) is 93.3 cm³/mol. The summed E-state index contributed by atoms with van der Waals surface area (Å²) in [5, 5.41) is 13.3. The molecule has 2 heterocycles. The highest BCUT2D eigenvalue weighted by Gasteiger charge is 2.24. The van der Waals surface area contributed by atoms with Crippen LogP contribution in [0.3, 0.4) is 0 Å². The highest BCUT2D eigenvalue weighted by atomic mass is 19.1. The van der Waals surface area contributed by atoms with Crippen LogP contribution >= 0.6 is 0 Å². The van der Waals surface area contributed by atoms with Gasteiger partial charge in [0.1, 0.15) is 17.8 Å². The topological polar surface area (TPSA) is 115 Å². The Morgan fingerprint density at radius 2 is 2.15 bits per heavy atom. The fourth-order valence-corrected chi connectivity index (χ4v) is 2.75. The van der Waals surface area contributed by atoms with Crippen LogP contribution in [0.2, 0.25) is 0 Å². The number of benzene rings is 1. The van der Waals surface area contributed by atoms with Gasteiger partial charge in [0.15, 0.2) is 0 Å². The Morgan fingerprint density at radius 1 is 1.37 bits per heavy atom. The largest absolute Gasteiger partial charge is 0.465 e. The number of halogens is 1. The summed E-state index contributed by atoms with van der Waals surface area (Å²) in [4.78, 5) is 27.6.